The molecule has 1 atom stereocenters. The fraction of sp³-hybridized carbons (Fsp3) is 0.500. The van der Waals surface area contributed by atoms with E-state index in [0.29, 0.717) is 19.2 Å². The molecule has 1 saturated heterocycles. The summed E-state index contributed by atoms with van der Waals surface area (Å²) in [4.78, 5) is 22.3. The van der Waals surface area contributed by atoms with Crippen LogP contribution in [0.2, 0.25) is 0 Å². The summed E-state index contributed by atoms with van der Waals surface area (Å²) in [6.45, 7) is 2.02. The fourth-order valence-corrected chi connectivity index (χ4v) is 3.51. The molecule has 1 unspecified atom stereocenters. The summed E-state index contributed by atoms with van der Waals surface area (Å²) in [5.41, 5.74) is -0.316. The molecule has 3 heterocycles. The van der Waals surface area contributed by atoms with Crippen LogP contribution in [0.1, 0.15) is 47.9 Å². The third-order valence-electron chi connectivity index (χ3n) is 4.98. The molecular weight excluding hydrogens is 326 g/mol. The van der Waals surface area contributed by atoms with E-state index >= 15 is 0 Å². The van der Waals surface area contributed by atoms with Crippen LogP contribution in [0.3, 0.4) is 0 Å². The Morgan fingerprint density at radius 2 is 2.08 bits per heavy atom. The van der Waals surface area contributed by atoms with Gasteiger partial charge in [-0.15, -0.1) is 0 Å². The third-order valence-corrected chi connectivity index (χ3v) is 4.98. The van der Waals surface area contributed by atoms with Gasteiger partial charge >= 0.3 is 0 Å². The van der Waals surface area contributed by atoms with Crippen molar-refractivity contribution in [2.24, 2.45) is 5.92 Å². The van der Waals surface area contributed by atoms with Crippen molar-refractivity contribution in [2.75, 3.05) is 13.1 Å². The van der Waals surface area contributed by atoms with Crippen LogP contribution in [-0.2, 0) is 6.54 Å². The van der Waals surface area contributed by atoms with Crippen LogP contribution in [0, 0.1) is 17.6 Å². The van der Waals surface area contributed by atoms with E-state index in [1.807, 2.05) is 6.20 Å². The van der Waals surface area contributed by atoms with E-state index < -0.39 is 17.5 Å². The first-order chi connectivity index (χ1) is 12.1. The molecule has 4 rings (SSSR count). The second-order valence-corrected chi connectivity index (χ2v) is 6.96. The highest BCUT2D eigenvalue weighted by atomic mass is 19.1. The van der Waals surface area contributed by atoms with E-state index in [-0.39, 0.29) is 11.6 Å². The number of carbonyl (C=O) groups is 1. The Morgan fingerprint density at radius 1 is 1.24 bits per heavy atom. The zero-order valence-electron chi connectivity index (χ0n) is 13.9. The Morgan fingerprint density at radius 3 is 2.84 bits per heavy atom. The maximum absolute atomic E-state index is 13.9. The Hall–Kier alpha value is -2.31. The number of pyridine rings is 1. The quantitative estimate of drug-likeness (QED) is 0.855. The molecule has 7 heteroatoms. The van der Waals surface area contributed by atoms with Gasteiger partial charge in [-0.25, -0.2) is 18.7 Å². The molecular formula is C18H20F2N4O. The van der Waals surface area contributed by atoms with Crippen LogP contribution in [0.25, 0.3) is 0 Å². The molecule has 1 saturated carbocycles. The van der Waals surface area contributed by atoms with E-state index in [4.69, 9.17) is 0 Å². The number of piperidine rings is 1. The minimum Gasteiger partial charge on any atom is -0.336 e. The van der Waals surface area contributed by atoms with Gasteiger partial charge in [0.2, 0.25) is 0 Å². The molecule has 2 fully saturated rings. The second kappa shape index (κ2) is 6.54. The van der Waals surface area contributed by atoms with Crippen molar-refractivity contribution >= 4 is 5.91 Å². The molecule has 25 heavy (non-hydrogen) atoms. The summed E-state index contributed by atoms with van der Waals surface area (Å²) in [5.74, 6) is -0.309. The normalized spacial score (nSPS) is 20.7. The van der Waals surface area contributed by atoms with Crippen LogP contribution in [0.15, 0.2) is 24.7 Å². The van der Waals surface area contributed by atoms with Crippen molar-refractivity contribution in [1.82, 2.24) is 19.4 Å². The standard InChI is InChI=1S/C18H20F2N4O/c19-14-8-15(20)16(22-9-14)18(25)24-6-1-2-13(11-24)17-21-5-7-23(17)10-12-3-4-12/h5,7-9,12-13H,1-4,6,10-11H2. The lowest BCUT2D eigenvalue weighted by atomic mass is 9.96. The van der Waals surface area contributed by atoms with Crippen molar-refractivity contribution in [3.63, 3.8) is 0 Å². The number of likely N-dealkylation sites (tertiary alicyclic amines) is 1. The zero-order valence-corrected chi connectivity index (χ0v) is 13.9. The van der Waals surface area contributed by atoms with E-state index in [2.05, 4.69) is 14.5 Å². The lowest BCUT2D eigenvalue weighted by molar-refractivity contribution is 0.0691. The smallest absolute Gasteiger partial charge is 0.275 e. The van der Waals surface area contributed by atoms with E-state index in [1.54, 1.807) is 11.1 Å². The lowest BCUT2D eigenvalue weighted by Gasteiger charge is -2.32. The Balaban J connectivity index is 1.50. The molecule has 1 aliphatic heterocycles. The summed E-state index contributed by atoms with van der Waals surface area (Å²) in [5, 5.41) is 0. The Labute approximate surface area is 144 Å². The number of hydrogen-bond acceptors (Lipinski definition) is 3. The predicted molar refractivity (Wildman–Crippen MR) is 87.0 cm³/mol. The molecule has 0 spiro atoms. The third kappa shape index (κ3) is 3.41. The molecule has 0 N–H and O–H groups in total. The van der Waals surface area contributed by atoms with Crippen LogP contribution in [-0.4, -0.2) is 38.4 Å². The second-order valence-electron chi connectivity index (χ2n) is 6.96. The zero-order chi connectivity index (χ0) is 17.4. The van der Waals surface area contributed by atoms with Crippen LogP contribution >= 0.6 is 0 Å². The topological polar surface area (TPSA) is 51.0 Å². The molecule has 1 amide bonds. The number of aromatic nitrogens is 3. The number of rotatable bonds is 4. The monoisotopic (exact) mass is 346 g/mol. The van der Waals surface area contributed by atoms with Gasteiger partial charge in [0.15, 0.2) is 11.5 Å². The fourth-order valence-electron chi connectivity index (χ4n) is 3.51. The van der Waals surface area contributed by atoms with Gasteiger partial charge in [0.05, 0.1) is 6.20 Å². The Bertz CT molecular complexity index is 787. The number of hydrogen-bond donors (Lipinski definition) is 0. The highest BCUT2D eigenvalue weighted by Gasteiger charge is 2.31. The van der Waals surface area contributed by atoms with Crippen LogP contribution in [0.5, 0.6) is 0 Å². The van der Waals surface area contributed by atoms with Gasteiger partial charge in [-0.2, -0.15) is 0 Å². The lowest BCUT2D eigenvalue weighted by Crippen LogP contribution is -2.40. The summed E-state index contributed by atoms with van der Waals surface area (Å²) >= 11 is 0. The molecule has 2 aromatic rings. The van der Waals surface area contributed by atoms with E-state index in [9.17, 15) is 13.6 Å². The predicted octanol–water partition coefficient (Wildman–Crippen LogP) is 2.99. The van der Waals surface area contributed by atoms with Crippen molar-refractivity contribution in [2.45, 2.75) is 38.1 Å². The van der Waals surface area contributed by atoms with Gasteiger partial charge in [0, 0.05) is 44.0 Å². The molecule has 0 bridgehead atoms. The minimum absolute atomic E-state index is 0.134. The highest BCUT2D eigenvalue weighted by molar-refractivity contribution is 5.92. The Kier molecular flexibility index (Phi) is 4.23. The first-order valence-corrected chi connectivity index (χ1v) is 8.73. The van der Waals surface area contributed by atoms with Gasteiger partial charge in [-0.1, -0.05) is 0 Å². The molecule has 0 radical (unpaired) electrons. The minimum atomic E-state index is -0.914. The number of amides is 1. The number of nitrogens with zero attached hydrogens (tertiary/aromatic N) is 4. The summed E-state index contributed by atoms with van der Waals surface area (Å²) < 4.78 is 29.1. The molecule has 5 nitrogen and oxygen atoms in total. The van der Waals surface area contributed by atoms with Gasteiger partial charge in [-0.05, 0) is 31.6 Å². The largest absolute Gasteiger partial charge is 0.336 e. The van der Waals surface area contributed by atoms with Crippen molar-refractivity contribution in [3.05, 3.63) is 47.8 Å². The van der Waals surface area contributed by atoms with Crippen molar-refractivity contribution < 1.29 is 13.6 Å². The number of carbonyl (C=O) groups excluding carboxylic acids is 1. The van der Waals surface area contributed by atoms with E-state index in [1.165, 1.54) is 12.8 Å². The summed E-state index contributed by atoms with van der Waals surface area (Å²) in [6.07, 6.45) is 8.99. The molecule has 132 valence electrons. The molecule has 1 aliphatic carbocycles. The number of imidazole rings is 1. The van der Waals surface area contributed by atoms with Gasteiger partial charge in [0.1, 0.15) is 11.6 Å². The van der Waals surface area contributed by atoms with Crippen LogP contribution < -0.4 is 0 Å². The van der Waals surface area contributed by atoms with Gasteiger partial charge in [-0.3, -0.25) is 4.79 Å². The maximum atomic E-state index is 13.9. The average molecular weight is 346 g/mol. The average Bonchev–Trinajstić information content (AvgIpc) is 3.30. The highest BCUT2D eigenvalue weighted by Crippen LogP contribution is 2.33. The van der Waals surface area contributed by atoms with Gasteiger partial charge in [0.25, 0.3) is 5.91 Å². The number of halogens is 2. The first kappa shape index (κ1) is 16.2. The molecule has 2 aromatic heterocycles. The molecule has 2 aliphatic rings. The maximum Gasteiger partial charge on any atom is 0.275 e. The molecule has 0 aromatic carbocycles. The summed E-state index contributed by atoms with van der Waals surface area (Å²) in [7, 11) is 0. The summed E-state index contributed by atoms with van der Waals surface area (Å²) in [6, 6.07) is 0.698. The van der Waals surface area contributed by atoms with Gasteiger partial charge < -0.3 is 9.47 Å². The van der Waals surface area contributed by atoms with Crippen molar-refractivity contribution in [1.29, 1.82) is 0 Å². The van der Waals surface area contributed by atoms with Crippen molar-refractivity contribution in [3.8, 4) is 0 Å². The van der Waals surface area contributed by atoms with Crippen LogP contribution in [0.4, 0.5) is 8.78 Å². The van der Waals surface area contributed by atoms with E-state index in [0.717, 1.165) is 37.3 Å². The first-order valence-electron chi connectivity index (χ1n) is 8.73. The SMILES string of the molecule is O=C(c1ncc(F)cc1F)N1CCCC(c2nccn2CC2CC2)C1.